The van der Waals surface area contributed by atoms with E-state index in [1.807, 2.05) is 20.8 Å². The van der Waals surface area contributed by atoms with Gasteiger partial charge in [-0.1, -0.05) is 11.6 Å². The van der Waals surface area contributed by atoms with Crippen LogP contribution in [0.4, 0.5) is 0 Å². The molecule has 0 saturated heterocycles. The van der Waals surface area contributed by atoms with Crippen LogP contribution >= 0.6 is 11.6 Å². The summed E-state index contributed by atoms with van der Waals surface area (Å²) in [7, 11) is 0. The second kappa shape index (κ2) is 10.4. The van der Waals surface area contributed by atoms with Crippen LogP contribution in [0.15, 0.2) is 30.5 Å². The molecule has 2 rings (SSSR count). The topological polar surface area (TPSA) is 98.8 Å². The lowest BCUT2D eigenvalue weighted by Crippen LogP contribution is -2.42. The van der Waals surface area contributed by atoms with Gasteiger partial charge in [-0.15, -0.1) is 0 Å². The van der Waals surface area contributed by atoms with Gasteiger partial charge in [-0.05, 0) is 45.0 Å². The van der Waals surface area contributed by atoms with Crippen molar-refractivity contribution in [1.29, 1.82) is 0 Å². The van der Waals surface area contributed by atoms with Crippen molar-refractivity contribution in [3.05, 3.63) is 46.7 Å². The molecule has 1 aromatic heterocycles. The molecule has 0 saturated carbocycles. The zero-order valence-corrected chi connectivity index (χ0v) is 16.6. The Kier molecular flexibility index (Phi) is 7.88. The Morgan fingerprint density at radius 3 is 2.04 bits per heavy atom. The molecule has 0 fully saturated rings. The van der Waals surface area contributed by atoms with E-state index in [1.54, 1.807) is 6.07 Å². The van der Waals surface area contributed by atoms with Crippen molar-refractivity contribution in [1.82, 2.24) is 15.8 Å². The standard InChI is InChI=1S/C19H22ClN3O5/c1-4-26-15-9-12(10-16(27-5-2)17(15)28-6-3)18(24)22-23-19(25)14-11-13(20)7-8-21-14/h7-11H,4-6H2,1-3H3,(H,22,24)(H,23,25). The summed E-state index contributed by atoms with van der Waals surface area (Å²) in [6, 6.07) is 5.98. The number of hydrogen-bond acceptors (Lipinski definition) is 6. The highest BCUT2D eigenvalue weighted by molar-refractivity contribution is 6.30. The maximum Gasteiger partial charge on any atom is 0.288 e. The highest BCUT2D eigenvalue weighted by atomic mass is 35.5. The lowest BCUT2D eigenvalue weighted by atomic mass is 10.1. The number of carbonyl (C=O) groups excluding carboxylic acids is 2. The minimum absolute atomic E-state index is 0.0736. The first kappa shape index (κ1) is 21.3. The molecule has 1 aromatic carbocycles. The molecule has 9 heteroatoms. The number of benzene rings is 1. The summed E-state index contributed by atoms with van der Waals surface area (Å²) >= 11 is 5.84. The zero-order chi connectivity index (χ0) is 20.5. The van der Waals surface area contributed by atoms with Crippen LogP contribution in [0.5, 0.6) is 17.2 Å². The van der Waals surface area contributed by atoms with Crippen LogP contribution in [0, 0.1) is 0 Å². The Labute approximate surface area is 168 Å². The van der Waals surface area contributed by atoms with Crippen LogP contribution in [0.2, 0.25) is 5.02 Å². The summed E-state index contributed by atoms with van der Waals surface area (Å²) in [5.41, 5.74) is 4.93. The van der Waals surface area contributed by atoms with Gasteiger partial charge in [0.25, 0.3) is 11.8 Å². The fourth-order valence-electron chi connectivity index (χ4n) is 2.30. The van der Waals surface area contributed by atoms with Gasteiger partial charge in [0.15, 0.2) is 11.5 Å². The van der Waals surface area contributed by atoms with E-state index in [0.29, 0.717) is 42.1 Å². The predicted octanol–water partition coefficient (Wildman–Crippen LogP) is 3.01. The van der Waals surface area contributed by atoms with Gasteiger partial charge in [-0.2, -0.15) is 0 Å². The van der Waals surface area contributed by atoms with Crippen LogP contribution in [-0.4, -0.2) is 36.6 Å². The molecule has 8 nitrogen and oxygen atoms in total. The molecule has 28 heavy (non-hydrogen) atoms. The van der Waals surface area contributed by atoms with E-state index in [4.69, 9.17) is 25.8 Å². The van der Waals surface area contributed by atoms with Gasteiger partial charge in [-0.3, -0.25) is 25.4 Å². The average Bonchev–Trinajstić information content (AvgIpc) is 2.68. The molecule has 2 amide bonds. The van der Waals surface area contributed by atoms with E-state index >= 15 is 0 Å². The highest BCUT2D eigenvalue weighted by Crippen LogP contribution is 2.39. The number of amides is 2. The highest BCUT2D eigenvalue weighted by Gasteiger charge is 2.19. The first-order valence-corrected chi connectivity index (χ1v) is 9.16. The normalized spacial score (nSPS) is 10.1. The number of halogens is 1. The second-order valence-corrected chi connectivity index (χ2v) is 5.80. The molecule has 0 spiro atoms. The van der Waals surface area contributed by atoms with Crippen molar-refractivity contribution >= 4 is 23.4 Å². The number of nitrogens with zero attached hydrogens (tertiary/aromatic N) is 1. The maximum absolute atomic E-state index is 12.5. The van der Waals surface area contributed by atoms with E-state index in [0.717, 1.165) is 0 Å². The Balaban J connectivity index is 2.20. The van der Waals surface area contributed by atoms with E-state index < -0.39 is 11.8 Å². The monoisotopic (exact) mass is 407 g/mol. The van der Waals surface area contributed by atoms with E-state index in [-0.39, 0.29) is 11.3 Å². The van der Waals surface area contributed by atoms with Crippen LogP contribution < -0.4 is 25.1 Å². The molecule has 150 valence electrons. The number of nitrogens with one attached hydrogen (secondary N) is 2. The third-order valence-electron chi connectivity index (χ3n) is 3.42. The van der Waals surface area contributed by atoms with Crippen molar-refractivity contribution < 1.29 is 23.8 Å². The van der Waals surface area contributed by atoms with Crippen LogP contribution in [0.1, 0.15) is 41.6 Å². The summed E-state index contributed by atoms with van der Waals surface area (Å²) in [6.45, 7) is 6.66. The Hall–Kier alpha value is -3.00. The maximum atomic E-state index is 12.5. The Morgan fingerprint density at radius 1 is 0.929 bits per heavy atom. The first-order chi connectivity index (χ1) is 13.5. The van der Waals surface area contributed by atoms with Gasteiger partial charge >= 0.3 is 0 Å². The van der Waals surface area contributed by atoms with Crippen molar-refractivity contribution in [3.63, 3.8) is 0 Å². The van der Waals surface area contributed by atoms with Crippen LogP contribution in [-0.2, 0) is 0 Å². The molecule has 0 radical (unpaired) electrons. The number of hydrogen-bond donors (Lipinski definition) is 2. The summed E-state index contributed by atoms with van der Waals surface area (Å²) in [5, 5.41) is 0.362. The second-order valence-electron chi connectivity index (χ2n) is 5.37. The summed E-state index contributed by atoms with van der Waals surface area (Å²) in [5.74, 6) is 0.0265. The summed E-state index contributed by atoms with van der Waals surface area (Å²) < 4.78 is 16.8. The third kappa shape index (κ3) is 5.50. The third-order valence-corrected chi connectivity index (χ3v) is 3.65. The minimum atomic E-state index is -0.600. The molecule has 0 aliphatic carbocycles. The molecule has 0 aliphatic rings. The number of aromatic nitrogens is 1. The van der Waals surface area contributed by atoms with Gasteiger partial charge in [0.05, 0.1) is 19.8 Å². The van der Waals surface area contributed by atoms with Crippen molar-refractivity contribution in [2.24, 2.45) is 0 Å². The molecule has 2 N–H and O–H groups in total. The van der Waals surface area contributed by atoms with Gasteiger partial charge < -0.3 is 14.2 Å². The molecular weight excluding hydrogens is 386 g/mol. The predicted molar refractivity (Wildman–Crippen MR) is 104 cm³/mol. The lowest BCUT2D eigenvalue weighted by Gasteiger charge is -2.17. The smallest absolute Gasteiger partial charge is 0.288 e. The average molecular weight is 408 g/mol. The van der Waals surface area contributed by atoms with Crippen molar-refractivity contribution in [2.45, 2.75) is 20.8 Å². The van der Waals surface area contributed by atoms with Crippen molar-refractivity contribution in [3.8, 4) is 17.2 Å². The Bertz CT molecular complexity index is 817. The van der Waals surface area contributed by atoms with E-state index in [2.05, 4.69) is 15.8 Å². The molecule has 0 aliphatic heterocycles. The molecule has 2 aromatic rings. The number of carbonyl (C=O) groups is 2. The van der Waals surface area contributed by atoms with Crippen LogP contribution in [0.3, 0.4) is 0 Å². The fourth-order valence-corrected chi connectivity index (χ4v) is 2.46. The van der Waals surface area contributed by atoms with Gasteiger partial charge in [0.2, 0.25) is 5.75 Å². The Morgan fingerprint density at radius 2 is 1.50 bits per heavy atom. The van der Waals surface area contributed by atoms with Crippen LogP contribution in [0.25, 0.3) is 0 Å². The van der Waals surface area contributed by atoms with Gasteiger partial charge in [0, 0.05) is 16.8 Å². The van der Waals surface area contributed by atoms with E-state index in [1.165, 1.54) is 24.4 Å². The number of rotatable bonds is 8. The van der Waals surface area contributed by atoms with E-state index in [9.17, 15) is 9.59 Å². The number of ether oxygens (including phenoxy) is 3. The van der Waals surface area contributed by atoms with Gasteiger partial charge in [0.1, 0.15) is 5.69 Å². The molecule has 0 atom stereocenters. The SMILES string of the molecule is CCOc1cc(C(=O)NNC(=O)c2cc(Cl)ccn2)cc(OCC)c1OCC. The summed E-state index contributed by atoms with van der Waals surface area (Å²) in [4.78, 5) is 28.5. The van der Waals surface area contributed by atoms with Gasteiger partial charge in [-0.25, -0.2) is 0 Å². The number of pyridine rings is 1. The van der Waals surface area contributed by atoms with Crippen molar-refractivity contribution in [2.75, 3.05) is 19.8 Å². The largest absolute Gasteiger partial charge is 0.490 e. The fraction of sp³-hybridized carbons (Fsp3) is 0.316. The first-order valence-electron chi connectivity index (χ1n) is 8.78. The minimum Gasteiger partial charge on any atom is -0.490 e. The molecular formula is C19H22ClN3O5. The number of hydrazine groups is 1. The lowest BCUT2D eigenvalue weighted by molar-refractivity contribution is 0.0843. The molecule has 0 unspecified atom stereocenters. The molecule has 1 heterocycles. The quantitative estimate of drug-likeness (QED) is 0.652. The molecule has 0 bridgehead atoms. The zero-order valence-electron chi connectivity index (χ0n) is 15.9. The summed E-state index contributed by atoms with van der Waals surface area (Å²) in [6.07, 6.45) is 1.40.